The van der Waals surface area contributed by atoms with Crippen LogP contribution in [0.4, 0.5) is 0 Å². The van der Waals surface area contributed by atoms with Crippen molar-refractivity contribution in [3.8, 4) is 0 Å². The van der Waals surface area contributed by atoms with Crippen LogP contribution >= 0.6 is 0 Å². The second-order valence-corrected chi connectivity index (χ2v) is 5.37. The standard InChI is InChI=1S/C14H18N4O3/c1-9(2)11-7-13(21-17-11)14(19)18-5-6-20-8-12(18)10-3-4-15-16-10/h3-4,7,9,12H,5-6,8H2,1-2H3,(H,15,16). The minimum atomic E-state index is -0.179. The molecule has 1 aliphatic rings. The number of morpholine rings is 1. The Labute approximate surface area is 122 Å². The molecule has 0 aromatic carbocycles. The van der Waals surface area contributed by atoms with Gasteiger partial charge in [0.15, 0.2) is 0 Å². The molecule has 112 valence electrons. The lowest BCUT2D eigenvalue weighted by Crippen LogP contribution is -2.43. The molecule has 1 amide bonds. The second kappa shape index (κ2) is 5.69. The van der Waals surface area contributed by atoms with Crippen LogP contribution in [0.15, 0.2) is 22.9 Å². The van der Waals surface area contributed by atoms with Crippen LogP contribution < -0.4 is 0 Å². The van der Waals surface area contributed by atoms with E-state index in [1.165, 1.54) is 0 Å². The molecule has 1 saturated heterocycles. The van der Waals surface area contributed by atoms with Crippen LogP contribution in [-0.4, -0.2) is 45.9 Å². The molecule has 1 aliphatic heterocycles. The highest BCUT2D eigenvalue weighted by atomic mass is 16.5. The summed E-state index contributed by atoms with van der Waals surface area (Å²) >= 11 is 0. The fourth-order valence-electron chi connectivity index (χ4n) is 2.36. The van der Waals surface area contributed by atoms with Crippen LogP contribution in [0.25, 0.3) is 0 Å². The molecule has 3 rings (SSSR count). The van der Waals surface area contributed by atoms with Crippen molar-refractivity contribution in [1.82, 2.24) is 20.3 Å². The first kappa shape index (κ1) is 13.8. The topological polar surface area (TPSA) is 84.3 Å². The summed E-state index contributed by atoms with van der Waals surface area (Å²) in [5.74, 6) is 0.325. The lowest BCUT2D eigenvalue weighted by atomic mass is 10.1. The van der Waals surface area contributed by atoms with Gasteiger partial charge in [0, 0.05) is 18.8 Å². The van der Waals surface area contributed by atoms with Crippen LogP contribution in [0.1, 0.15) is 47.7 Å². The van der Waals surface area contributed by atoms with Crippen LogP contribution in [-0.2, 0) is 4.74 Å². The highest BCUT2D eigenvalue weighted by molar-refractivity contribution is 5.91. The van der Waals surface area contributed by atoms with E-state index in [-0.39, 0.29) is 23.6 Å². The maximum absolute atomic E-state index is 12.6. The van der Waals surface area contributed by atoms with Gasteiger partial charge in [0.05, 0.1) is 30.6 Å². The fraction of sp³-hybridized carbons (Fsp3) is 0.500. The van der Waals surface area contributed by atoms with Gasteiger partial charge in [-0.1, -0.05) is 19.0 Å². The van der Waals surface area contributed by atoms with Crippen molar-refractivity contribution in [2.75, 3.05) is 19.8 Å². The van der Waals surface area contributed by atoms with Gasteiger partial charge in [0.2, 0.25) is 5.76 Å². The van der Waals surface area contributed by atoms with Crippen molar-refractivity contribution < 1.29 is 14.1 Å². The zero-order valence-corrected chi connectivity index (χ0v) is 12.1. The Kier molecular flexibility index (Phi) is 3.74. The Morgan fingerprint density at radius 1 is 1.52 bits per heavy atom. The third kappa shape index (κ3) is 2.69. The molecule has 2 aromatic heterocycles. The van der Waals surface area contributed by atoms with Crippen LogP contribution in [0, 0.1) is 0 Å². The normalized spacial score (nSPS) is 19.2. The molecule has 1 atom stereocenters. The average Bonchev–Trinajstić information content (AvgIpc) is 3.18. The maximum Gasteiger partial charge on any atom is 0.293 e. The number of hydrogen-bond acceptors (Lipinski definition) is 5. The largest absolute Gasteiger partial charge is 0.377 e. The number of carbonyl (C=O) groups excluding carboxylic acids is 1. The SMILES string of the molecule is CC(C)c1cc(C(=O)N2CCOCC2c2ccn[nH]2)on1. The van der Waals surface area contributed by atoms with Crippen molar-refractivity contribution in [2.24, 2.45) is 0 Å². The summed E-state index contributed by atoms with van der Waals surface area (Å²) in [6.45, 7) is 5.49. The number of amides is 1. The van der Waals surface area contributed by atoms with Crippen molar-refractivity contribution in [1.29, 1.82) is 0 Å². The van der Waals surface area contributed by atoms with E-state index in [4.69, 9.17) is 9.26 Å². The number of H-pyrrole nitrogens is 1. The monoisotopic (exact) mass is 290 g/mol. The summed E-state index contributed by atoms with van der Waals surface area (Å²) in [6.07, 6.45) is 1.66. The Bertz CT molecular complexity index is 606. The predicted octanol–water partition coefficient (Wildman–Crippen LogP) is 1.73. The molecule has 0 saturated carbocycles. The third-order valence-corrected chi connectivity index (χ3v) is 3.60. The van der Waals surface area contributed by atoms with Gasteiger partial charge in [0.25, 0.3) is 5.91 Å². The van der Waals surface area contributed by atoms with Crippen LogP contribution in [0.5, 0.6) is 0 Å². The summed E-state index contributed by atoms with van der Waals surface area (Å²) in [6, 6.07) is 3.38. The number of aromatic nitrogens is 3. The van der Waals surface area contributed by atoms with E-state index in [2.05, 4.69) is 15.4 Å². The van der Waals surface area contributed by atoms with E-state index >= 15 is 0 Å². The molecule has 3 heterocycles. The number of ether oxygens (including phenoxy) is 1. The van der Waals surface area contributed by atoms with Gasteiger partial charge in [-0.05, 0) is 12.0 Å². The number of hydrogen-bond donors (Lipinski definition) is 1. The Hall–Kier alpha value is -2.15. The first-order chi connectivity index (χ1) is 10.2. The zero-order valence-electron chi connectivity index (χ0n) is 12.1. The van der Waals surface area contributed by atoms with E-state index < -0.39 is 0 Å². The van der Waals surface area contributed by atoms with Gasteiger partial charge in [-0.3, -0.25) is 9.89 Å². The summed E-state index contributed by atoms with van der Waals surface area (Å²) in [5.41, 5.74) is 1.64. The van der Waals surface area contributed by atoms with Crippen molar-refractivity contribution in [2.45, 2.75) is 25.8 Å². The molecular formula is C14H18N4O3. The number of nitrogens with one attached hydrogen (secondary N) is 1. The highest BCUT2D eigenvalue weighted by Crippen LogP contribution is 2.25. The van der Waals surface area contributed by atoms with E-state index in [1.807, 2.05) is 19.9 Å². The van der Waals surface area contributed by atoms with Crippen LogP contribution in [0.3, 0.4) is 0 Å². The third-order valence-electron chi connectivity index (χ3n) is 3.60. The molecule has 0 radical (unpaired) electrons. The number of nitrogens with zero attached hydrogens (tertiary/aromatic N) is 3. The van der Waals surface area contributed by atoms with Gasteiger partial charge in [-0.25, -0.2) is 0 Å². The predicted molar refractivity (Wildman–Crippen MR) is 73.8 cm³/mol. The molecule has 1 unspecified atom stereocenters. The molecular weight excluding hydrogens is 272 g/mol. The molecule has 0 aliphatic carbocycles. The van der Waals surface area contributed by atoms with Crippen LogP contribution in [0.2, 0.25) is 0 Å². The summed E-state index contributed by atoms with van der Waals surface area (Å²) in [4.78, 5) is 14.4. The number of carbonyl (C=O) groups is 1. The van der Waals surface area contributed by atoms with E-state index in [0.717, 1.165) is 11.4 Å². The Morgan fingerprint density at radius 3 is 3.05 bits per heavy atom. The second-order valence-electron chi connectivity index (χ2n) is 5.37. The zero-order chi connectivity index (χ0) is 14.8. The average molecular weight is 290 g/mol. The molecule has 1 N–H and O–H groups in total. The lowest BCUT2D eigenvalue weighted by molar-refractivity contribution is -0.00584. The van der Waals surface area contributed by atoms with Gasteiger partial charge in [-0.15, -0.1) is 0 Å². The van der Waals surface area contributed by atoms with Gasteiger partial charge in [-0.2, -0.15) is 5.10 Å². The summed E-state index contributed by atoms with van der Waals surface area (Å²) in [5, 5.41) is 10.8. The van der Waals surface area contributed by atoms with E-state index in [0.29, 0.717) is 19.8 Å². The maximum atomic E-state index is 12.6. The van der Waals surface area contributed by atoms with Gasteiger partial charge < -0.3 is 14.2 Å². The van der Waals surface area contributed by atoms with Gasteiger partial charge in [0.1, 0.15) is 0 Å². The molecule has 21 heavy (non-hydrogen) atoms. The first-order valence-electron chi connectivity index (χ1n) is 7.01. The Balaban J connectivity index is 1.83. The van der Waals surface area contributed by atoms with Crippen molar-refractivity contribution in [3.05, 3.63) is 35.5 Å². The summed E-state index contributed by atoms with van der Waals surface area (Å²) in [7, 11) is 0. The molecule has 2 aromatic rings. The highest BCUT2D eigenvalue weighted by Gasteiger charge is 2.32. The number of rotatable bonds is 3. The molecule has 7 heteroatoms. The lowest BCUT2D eigenvalue weighted by Gasteiger charge is -2.34. The van der Waals surface area contributed by atoms with Crippen molar-refractivity contribution in [3.63, 3.8) is 0 Å². The van der Waals surface area contributed by atoms with E-state index in [9.17, 15) is 4.79 Å². The molecule has 7 nitrogen and oxygen atoms in total. The minimum absolute atomic E-state index is 0.169. The molecule has 1 fully saturated rings. The fourth-order valence-corrected chi connectivity index (χ4v) is 2.36. The minimum Gasteiger partial charge on any atom is -0.377 e. The van der Waals surface area contributed by atoms with E-state index in [1.54, 1.807) is 17.2 Å². The summed E-state index contributed by atoms with van der Waals surface area (Å²) < 4.78 is 10.7. The smallest absolute Gasteiger partial charge is 0.293 e. The van der Waals surface area contributed by atoms with Gasteiger partial charge >= 0.3 is 0 Å². The Morgan fingerprint density at radius 2 is 2.38 bits per heavy atom. The first-order valence-corrected chi connectivity index (χ1v) is 7.01. The molecule has 0 spiro atoms. The van der Waals surface area contributed by atoms with Crippen molar-refractivity contribution >= 4 is 5.91 Å². The molecule has 0 bridgehead atoms. The quantitative estimate of drug-likeness (QED) is 0.930. The number of aromatic amines is 1.